The molecule has 122 valence electrons. The van der Waals surface area contributed by atoms with E-state index < -0.39 is 26.7 Å². The second-order valence-electron chi connectivity index (χ2n) is 3.89. The Bertz CT molecular complexity index is 567. The van der Waals surface area contributed by atoms with Crippen molar-refractivity contribution >= 4 is 38.4 Å². The molecule has 4 nitrogen and oxygen atoms in total. The summed E-state index contributed by atoms with van der Waals surface area (Å²) in [5.41, 5.74) is -1.19. The summed E-state index contributed by atoms with van der Waals surface area (Å²) < 4.78 is 64.8. The first kappa shape index (κ1) is 20.6. The SMILES string of the molecule is CCNCCNS(=O)(=O)c1ccc(Br)cc1C(F)(F)F.Cl. The van der Waals surface area contributed by atoms with Gasteiger partial charge in [-0.25, -0.2) is 13.1 Å². The van der Waals surface area contributed by atoms with Gasteiger partial charge in [0.05, 0.1) is 10.5 Å². The number of sulfonamides is 1. The van der Waals surface area contributed by atoms with Crippen LogP contribution in [0, 0.1) is 0 Å². The second-order valence-corrected chi connectivity index (χ2v) is 6.54. The molecule has 10 heteroatoms. The minimum Gasteiger partial charge on any atom is -0.316 e. The molecule has 0 aliphatic carbocycles. The van der Waals surface area contributed by atoms with Gasteiger partial charge in [-0.15, -0.1) is 12.4 Å². The van der Waals surface area contributed by atoms with E-state index in [1.165, 1.54) is 6.07 Å². The van der Waals surface area contributed by atoms with Crippen molar-refractivity contribution in [2.75, 3.05) is 19.6 Å². The molecule has 0 radical (unpaired) electrons. The van der Waals surface area contributed by atoms with E-state index >= 15 is 0 Å². The lowest BCUT2D eigenvalue weighted by Gasteiger charge is -2.14. The summed E-state index contributed by atoms with van der Waals surface area (Å²) in [6, 6.07) is 2.94. The lowest BCUT2D eigenvalue weighted by molar-refractivity contribution is -0.139. The average molecular weight is 412 g/mol. The molecule has 0 spiro atoms. The quantitative estimate of drug-likeness (QED) is 0.708. The Morgan fingerprint density at radius 2 is 1.86 bits per heavy atom. The molecule has 0 atom stereocenters. The van der Waals surface area contributed by atoms with Gasteiger partial charge < -0.3 is 5.32 Å². The Balaban J connectivity index is 0.00000400. The normalized spacial score (nSPS) is 12.0. The van der Waals surface area contributed by atoms with E-state index in [1.807, 2.05) is 6.92 Å². The Morgan fingerprint density at radius 1 is 1.24 bits per heavy atom. The summed E-state index contributed by atoms with van der Waals surface area (Å²) in [7, 11) is -4.20. The van der Waals surface area contributed by atoms with E-state index in [2.05, 4.69) is 26.0 Å². The summed E-state index contributed by atoms with van der Waals surface area (Å²) >= 11 is 2.90. The van der Waals surface area contributed by atoms with Crippen LogP contribution in [0.25, 0.3) is 0 Å². The number of hydrogen-bond donors (Lipinski definition) is 2. The van der Waals surface area contributed by atoms with Crippen LogP contribution in [-0.4, -0.2) is 28.1 Å². The Hall–Kier alpha value is -0.350. The molecule has 0 unspecified atom stereocenters. The summed E-state index contributed by atoms with van der Waals surface area (Å²) in [5.74, 6) is 0. The fourth-order valence-electron chi connectivity index (χ4n) is 1.49. The maximum absolute atomic E-state index is 12.9. The summed E-state index contributed by atoms with van der Waals surface area (Å²) in [5, 5.41) is 2.87. The van der Waals surface area contributed by atoms with Crippen molar-refractivity contribution in [1.82, 2.24) is 10.0 Å². The molecule has 0 heterocycles. The standard InChI is InChI=1S/C11H14BrF3N2O2S.ClH/c1-2-16-5-6-17-20(18,19)10-4-3-8(12)7-9(10)11(13,14)15;/h3-4,7,16-17H,2,5-6H2,1H3;1H. The first-order chi connectivity index (χ1) is 9.18. The minimum atomic E-state index is -4.74. The second kappa shape index (κ2) is 8.33. The highest BCUT2D eigenvalue weighted by molar-refractivity contribution is 9.10. The topological polar surface area (TPSA) is 58.2 Å². The fraction of sp³-hybridized carbons (Fsp3) is 0.455. The number of nitrogens with one attached hydrogen (secondary N) is 2. The highest BCUT2D eigenvalue weighted by Crippen LogP contribution is 2.35. The predicted octanol–water partition coefficient (Wildman–Crippen LogP) is 2.78. The predicted molar refractivity (Wildman–Crippen MR) is 80.1 cm³/mol. The molecule has 1 aromatic carbocycles. The molecule has 0 bridgehead atoms. The van der Waals surface area contributed by atoms with E-state index in [1.54, 1.807) is 0 Å². The first-order valence-corrected chi connectivity index (χ1v) is 8.03. The van der Waals surface area contributed by atoms with Crippen LogP contribution in [0.5, 0.6) is 0 Å². The van der Waals surface area contributed by atoms with Gasteiger partial charge in [0.2, 0.25) is 10.0 Å². The smallest absolute Gasteiger partial charge is 0.316 e. The number of likely N-dealkylation sites (N-methyl/N-ethyl adjacent to an activating group) is 1. The fourth-order valence-corrected chi connectivity index (χ4v) is 3.09. The third kappa shape index (κ3) is 6.11. The third-order valence-electron chi connectivity index (χ3n) is 2.38. The highest BCUT2D eigenvalue weighted by Gasteiger charge is 2.37. The van der Waals surface area contributed by atoms with Crippen LogP contribution >= 0.6 is 28.3 Å². The molecular weight excluding hydrogens is 397 g/mol. The minimum absolute atomic E-state index is 0. The first-order valence-electron chi connectivity index (χ1n) is 5.75. The molecule has 1 rings (SSSR count). The zero-order chi connectivity index (χ0) is 15.4. The number of halogens is 5. The molecular formula is C11H15BrClF3N2O2S. The largest absolute Gasteiger partial charge is 0.417 e. The van der Waals surface area contributed by atoms with Crippen molar-refractivity contribution in [3.63, 3.8) is 0 Å². The van der Waals surface area contributed by atoms with Crippen molar-refractivity contribution in [1.29, 1.82) is 0 Å². The number of rotatable bonds is 6. The Labute approximate surface area is 136 Å². The van der Waals surface area contributed by atoms with Crippen LogP contribution in [0.2, 0.25) is 0 Å². The number of benzene rings is 1. The molecule has 0 saturated carbocycles. The van der Waals surface area contributed by atoms with Crippen LogP contribution < -0.4 is 10.0 Å². The van der Waals surface area contributed by atoms with Gasteiger partial charge in [0, 0.05) is 17.6 Å². The van der Waals surface area contributed by atoms with Crippen molar-refractivity contribution in [2.45, 2.75) is 18.0 Å². The van der Waals surface area contributed by atoms with Gasteiger partial charge >= 0.3 is 6.18 Å². The number of alkyl halides is 3. The molecule has 0 aromatic heterocycles. The monoisotopic (exact) mass is 410 g/mol. The molecule has 0 fully saturated rings. The molecule has 0 amide bonds. The highest BCUT2D eigenvalue weighted by atomic mass is 79.9. The third-order valence-corrected chi connectivity index (χ3v) is 4.39. The van der Waals surface area contributed by atoms with E-state index in [0.717, 1.165) is 12.1 Å². The van der Waals surface area contributed by atoms with Gasteiger partial charge in [0.1, 0.15) is 0 Å². The maximum Gasteiger partial charge on any atom is 0.417 e. The Morgan fingerprint density at radius 3 is 2.38 bits per heavy atom. The van der Waals surface area contributed by atoms with Crippen LogP contribution in [0.3, 0.4) is 0 Å². The molecule has 0 saturated heterocycles. The van der Waals surface area contributed by atoms with Crippen molar-refractivity contribution < 1.29 is 21.6 Å². The van der Waals surface area contributed by atoms with Gasteiger partial charge in [-0.2, -0.15) is 13.2 Å². The Kier molecular flexibility index (Phi) is 8.19. The average Bonchev–Trinajstić information content (AvgIpc) is 2.33. The zero-order valence-corrected chi connectivity index (χ0v) is 14.2. The molecule has 0 aliphatic rings. The van der Waals surface area contributed by atoms with Crippen LogP contribution in [0.4, 0.5) is 13.2 Å². The summed E-state index contributed by atoms with van der Waals surface area (Å²) in [4.78, 5) is -0.773. The lowest BCUT2D eigenvalue weighted by Crippen LogP contribution is -2.32. The molecule has 0 aliphatic heterocycles. The van der Waals surface area contributed by atoms with Gasteiger partial charge in [-0.3, -0.25) is 0 Å². The van der Waals surface area contributed by atoms with Gasteiger partial charge in [0.25, 0.3) is 0 Å². The van der Waals surface area contributed by atoms with Crippen molar-refractivity contribution in [2.24, 2.45) is 0 Å². The van der Waals surface area contributed by atoms with E-state index in [9.17, 15) is 21.6 Å². The maximum atomic E-state index is 12.9. The number of hydrogen-bond acceptors (Lipinski definition) is 3. The molecule has 2 N–H and O–H groups in total. The van der Waals surface area contributed by atoms with Gasteiger partial charge in [0.15, 0.2) is 0 Å². The van der Waals surface area contributed by atoms with Gasteiger partial charge in [-0.1, -0.05) is 22.9 Å². The van der Waals surface area contributed by atoms with E-state index in [0.29, 0.717) is 13.1 Å². The van der Waals surface area contributed by atoms with Crippen LogP contribution in [0.15, 0.2) is 27.6 Å². The van der Waals surface area contributed by atoms with Crippen molar-refractivity contribution in [3.05, 3.63) is 28.2 Å². The molecule has 21 heavy (non-hydrogen) atoms. The van der Waals surface area contributed by atoms with E-state index in [-0.39, 0.29) is 23.4 Å². The van der Waals surface area contributed by atoms with Crippen molar-refractivity contribution in [3.8, 4) is 0 Å². The summed E-state index contributed by atoms with van der Waals surface area (Å²) in [6.45, 7) is 2.84. The van der Waals surface area contributed by atoms with Gasteiger partial charge in [-0.05, 0) is 24.7 Å². The zero-order valence-electron chi connectivity index (χ0n) is 11.0. The molecule has 1 aromatic rings. The summed E-state index contributed by atoms with van der Waals surface area (Å²) in [6.07, 6.45) is -4.74. The van der Waals surface area contributed by atoms with Crippen LogP contribution in [-0.2, 0) is 16.2 Å². The lowest BCUT2D eigenvalue weighted by atomic mass is 10.2. The van der Waals surface area contributed by atoms with E-state index in [4.69, 9.17) is 0 Å². The van der Waals surface area contributed by atoms with Crippen LogP contribution in [0.1, 0.15) is 12.5 Å².